The van der Waals surface area contributed by atoms with Gasteiger partial charge in [0.2, 0.25) is 0 Å². The fourth-order valence-corrected chi connectivity index (χ4v) is 2.34. The van der Waals surface area contributed by atoms with Crippen LogP contribution in [0.2, 0.25) is 0 Å². The Hall–Kier alpha value is -0.120. The fourth-order valence-electron chi connectivity index (χ4n) is 2.34. The number of morpholine rings is 1. The lowest BCUT2D eigenvalue weighted by Gasteiger charge is -2.31. The molecular formula is C14H30N2O. The summed E-state index contributed by atoms with van der Waals surface area (Å²) in [5.74, 6) is 0.822. The van der Waals surface area contributed by atoms with Gasteiger partial charge in [-0.1, -0.05) is 27.2 Å². The predicted octanol–water partition coefficient (Wildman–Crippen LogP) is 2.12. The molecule has 1 aliphatic rings. The van der Waals surface area contributed by atoms with Crippen LogP contribution in [0.25, 0.3) is 0 Å². The Morgan fingerprint density at radius 3 is 2.71 bits per heavy atom. The molecule has 0 aromatic rings. The lowest BCUT2D eigenvalue weighted by atomic mass is 9.97. The third-order valence-electron chi connectivity index (χ3n) is 3.85. The lowest BCUT2D eigenvalue weighted by Crippen LogP contribution is -2.46. The summed E-state index contributed by atoms with van der Waals surface area (Å²) in [5, 5.41) is 3.67. The molecule has 1 fully saturated rings. The van der Waals surface area contributed by atoms with Crippen molar-refractivity contribution in [2.75, 3.05) is 33.3 Å². The average Bonchev–Trinajstić information content (AvgIpc) is 2.34. The van der Waals surface area contributed by atoms with Crippen LogP contribution in [-0.2, 0) is 4.74 Å². The third kappa shape index (κ3) is 5.84. The fraction of sp³-hybridized carbons (Fsp3) is 1.00. The molecule has 1 N–H and O–H groups in total. The molecular weight excluding hydrogens is 212 g/mol. The van der Waals surface area contributed by atoms with Crippen molar-refractivity contribution in [1.29, 1.82) is 0 Å². The van der Waals surface area contributed by atoms with Gasteiger partial charge >= 0.3 is 0 Å². The van der Waals surface area contributed by atoms with E-state index in [0.717, 1.165) is 32.2 Å². The second-order valence-corrected chi connectivity index (χ2v) is 5.52. The van der Waals surface area contributed by atoms with E-state index in [-0.39, 0.29) is 0 Å². The van der Waals surface area contributed by atoms with Crippen LogP contribution in [0.15, 0.2) is 0 Å². The van der Waals surface area contributed by atoms with Crippen LogP contribution in [0.1, 0.15) is 40.0 Å². The highest BCUT2D eigenvalue weighted by molar-refractivity contribution is 4.75. The molecule has 0 aromatic carbocycles. The first-order chi connectivity index (χ1) is 8.15. The number of nitrogens with one attached hydrogen (secondary N) is 1. The quantitative estimate of drug-likeness (QED) is 0.740. The highest BCUT2D eigenvalue weighted by Gasteiger charge is 2.19. The van der Waals surface area contributed by atoms with Crippen molar-refractivity contribution in [3.05, 3.63) is 0 Å². The molecule has 17 heavy (non-hydrogen) atoms. The number of hydrogen-bond acceptors (Lipinski definition) is 3. The summed E-state index contributed by atoms with van der Waals surface area (Å²) >= 11 is 0. The Morgan fingerprint density at radius 1 is 1.35 bits per heavy atom. The molecule has 0 aliphatic carbocycles. The molecule has 102 valence electrons. The molecule has 1 heterocycles. The summed E-state index contributed by atoms with van der Waals surface area (Å²) < 4.78 is 5.77. The number of ether oxygens (including phenoxy) is 1. The average molecular weight is 242 g/mol. The maximum Gasteiger partial charge on any atom is 0.0826 e. The topological polar surface area (TPSA) is 24.5 Å². The Kier molecular flexibility index (Phi) is 7.09. The maximum atomic E-state index is 5.77. The molecule has 1 aliphatic heterocycles. The van der Waals surface area contributed by atoms with Gasteiger partial charge in [0.05, 0.1) is 12.7 Å². The standard InChI is InChI=1S/C14H30N2O/c1-5-12(3)9-13(6-2)15-10-14-11-16(4)7-8-17-14/h12-15H,5-11H2,1-4H3. The first kappa shape index (κ1) is 14.9. The summed E-state index contributed by atoms with van der Waals surface area (Å²) in [5.41, 5.74) is 0. The lowest BCUT2D eigenvalue weighted by molar-refractivity contribution is -0.0196. The van der Waals surface area contributed by atoms with Crippen molar-refractivity contribution in [3.63, 3.8) is 0 Å². The smallest absolute Gasteiger partial charge is 0.0826 e. The summed E-state index contributed by atoms with van der Waals surface area (Å²) in [6.45, 7) is 10.9. The minimum Gasteiger partial charge on any atom is -0.374 e. The van der Waals surface area contributed by atoms with E-state index in [2.05, 4.69) is 38.0 Å². The van der Waals surface area contributed by atoms with Gasteiger partial charge in [-0.2, -0.15) is 0 Å². The third-order valence-corrected chi connectivity index (χ3v) is 3.85. The molecule has 0 saturated carbocycles. The van der Waals surface area contributed by atoms with Gasteiger partial charge in [0.1, 0.15) is 0 Å². The molecule has 3 unspecified atom stereocenters. The minimum absolute atomic E-state index is 0.375. The van der Waals surface area contributed by atoms with Gasteiger partial charge in [-0.15, -0.1) is 0 Å². The van der Waals surface area contributed by atoms with E-state index in [1.807, 2.05) is 0 Å². The molecule has 3 heteroatoms. The second-order valence-electron chi connectivity index (χ2n) is 5.52. The Morgan fingerprint density at radius 2 is 2.12 bits per heavy atom. The van der Waals surface area contributed by atoms with Crippen LogP contribution in [0.3, 0.4) is 0 Å². The van der Waals surface area contributed by atoms with Gasteiger partial charge in [0.15, 0.2) is 0 Å². The zero-order valence-corrected chi connectivity index (χ0v) is 12.0. The van der Waals surface area contributed by atoms with Crippen molar-refractivity contribution in [2.45, 2.75) is 52.2 Å². The van der Waals surface area contributed by atoms with Crippen LogP contribution in [-0.4, -0.2) is 50.3 Å². The Balaban J connectivity index is 2.22. The van der Waals surface area contributed by atoms with Crippen molar-refractivity contribution in [2.24, 2.45) is 5.92 Å². The molecule has 3 nitrogen and oxygen atoms in total. The van der Waals surface area contributed by atoms with Crippen molar-refractivity contribution in [1.82, 2.24) is 10.2 Å². The molecule has 0 aromatic heterocycles. The van der Waals surface area contributed by atoms with Gasteiger partial charge in [-0.3, -0.25) is 0 Å². The van der Waals surface area contributed by atoms with E-state index in [4.69, 9.17) is 4.74 Å². The zero-order chi connectivity index (χ0) is 12.7. The van der Waals surface area contributed by atoms with Crippen LogP contribution in [0, 0.1) is 5.92 Å². The summed E-state index contributed by atoms with van der Waals surface area (Å²) in [4.78, 5) is 2.35. The van der Waals surface area contributed by atoms with Crippen molar-refractivity contribution in [3.8, 4) is 0 Å². The van der Waals surface area contributed by atoms with E-state index in [9.17, 15) is 0 Å². The maximum absolute atomic E-state index is 5.77. The normalized spacial score (nSPS) is 25.8. The first-order valence-electron chi connectivity index (χ1n) is 7.19. The Bertz CT molecular complexity index is 199. The van der Waals surface area contributed by atoms with Gasteiger partial charge < -0.3 is 15.0 Å². The molecule has 0 radical (unpaired) electrons. The number of likely N-dealkylation sites (N-methyl/N-ethyl adjacent to an activating group) is 1. The molecule has 1 saturated heterocycles. The van der Waals surface area contributed by atoms with Crippen LogP contribution in [0.4, 0.5) is 0 Å². The van der Waals surface area contributed by atoms with E-state index >= 15 is 0 Å². The van der Waals surface area contributed by atoms with Crippen LogP contribution in [0.5, 0.6) is 0 Å². The predicted molar refractivity (Wildman–Crippen MR) is 73.4 cm³/mol. The van der Waals surface area contributed by atoms with E-state index in [1.54, 1.807) is 0 Å². The van der Waals surface area contributed by atoms with Gasteiger partial charge in [-0.25, -0.2) is 0 Å². The molecule has 3 atom stereocenters. The first-order valence-corrected chi connectivity index (χ1v) is 7.19. The highest BCUT2D eigenvalue weighted by atomic mass is 16.5. The molecule has 1 rings (SSSR count). The SMILES string of the molecule is CCC(C)CC(CC)NCC1CN(C)CCO1. The monoisotopic (exact) mass is 242 g/mol. The summed E-state index contributed by atoms with van der Waals surface area (Å²) in [7, 11) is 2.17. The van der Waals surface area contributed by atoms with Gasteiger partial charge in [-0.05, 0) is 25.8 Å². The zero-order valence-electron chi connectivity index (χ0n) is 12.0. The van der Waals surface area contributed by atoms with E-state index in [1.165, 1.54) is 19.3 Å². The van der Waals surface area contributed by atoms with Gasteiger partial charge in [0.25, 0.3) is 0 Å². The molecule has 0 amide bonds. The number of nitrogens with zero attached hydrogens (tertiary/aromatic N) is 1. The van der Waals surface area contributed by atoms with E-state index in [0.29, 0.717) is 12.1 Å². The largest absolute Gasteiger partial charge is 0.374 e. The number of hydrogen-bond donors (Lipinski definition) is 1. The molecule has 0 bridgehead atoms. The van der Waals surface area contributed by atoms with Crippen LogP contribution < -0.4 is 5.32 Å². The summed E-state index contributed by atoms with van der Waals surface area (Å²) in [6.07, 6.45) is 4.16. The van der Waals surface area contributed by atoms with Crippen molar-refractivity contribution >= 4 is 0 Å². The van der Waals surface area contributed by atoms with Crippen molar-refractivity contribution < 1.29 is 4.74 Å². The van der Waals surface area contributed by atoms with Gasteiger partial charge in [0, 0.05) is 25.7 Å². The second kappa shape index (κ2) is 8.06. The minimum atomic E-state index is 0.375. The van der Waals surface area contributed by atoms with E-state index < -0.39 is 0 Å². The Labute approximate surface area is 107 Å². The highest BCUT2D eigenvalue weighted by Crippen LogP contribution is 2.12. The molecule has 0 spiro atoms. The summed E-state index contributed by atoms with van der Waals surface area (Å²) in [6, 6.07) is 0.654. The van der Waals surface area contributed by atoms with Crippen LogP contribution >= 0.6 is 0 Å². The number of rotatable bonds is 7.